The summed E-state index contributed by atoms with van der Waals surface area (Å²) in [5.74, 6) is 1.91. The van der Waals surface area contributed by atoms with Crippen LogP contribution in [0.15, 0.2) is 182 Å². The zero-order valence-electron chi connectivity index (χ0n) is 36.0. The molecular weight excluding hydrogens is 765 g/mol. The molecule has 2 heterocycles. The Bertz CT molecular complexity index is 3610. The van der Waals surface area contributed by atoms with E-state index in [2.05, 4.69) is 214 Å². The molecule has 0 unspecified atom stereocenters. The number of rotatable bonds is 5. The summed E-state index contributed by atoms with van der Waals surface area (Å²) in [7, 11) is 0. The van der Waals surface area contributed by atoms with E-state index in [-0.39, 0.29) is 10.8 Å². The van der Waals surface area contributed by atoms with Crippen molar-refractivity contribution in [3.63, 3.8) is 0 Å². The Labute approximate surface area is 367 Å². The van der Waals surface area contributed by atoms with E-state index in [1.54, 1.807) is 0 Å². The summed E-state index contributed by atoms with van der Waals surface area (Å²) in [6, 6.07) is 65.7. The van der Waals surface area contributed by atoms with E-state index < -0.39 is 0 Å². The molecule has 0 amide bonds. The topological polar surface area (TPSA) is 43.6 Å². The van der Waals surface area contributed by atoms with Crippen LogP contribution in [0.3, 0.4) is 0 Å². The molecule has 12 rings (SSSR count). The molecule has 302 valence electrons. The third kappa shape index (κ3) is 6.07. The van der Waals surface area contributed by atoms with Gasteiger partial charge in [-0.05, 0) is 115 Å². The molecule has 0 bridgehead atoms. The van der Waals surface area contributed by atoms with E-state index in [0.29, 0.717) is 17.5 Å². The van der Waals surface area contributed by atoms with Crippen LogP contribution in [0.5, 0.6) is 0 Å². The molecular formula is C59H46N4. The Kier molecular flexibility index (Phi) is 8.33. The van der Waals surface area contributed by atoms with Crippen LogP contribution in [0, 0.1) is 0 Å². The molecule has 0 fully saturated rings. The van der Waals surface area contributed by atoms with E-state index in [4.69, 9.17) is 15.0 Å². The first-order valence-corrected chi connectivity index (χ1v) is 22.1. The average molecular weight is 811 g/mol. The van der Waals surface area contributed by atoms with Gasteiger partial charge >= 0.3 is 0 Å². The third-order valence-corrected chi connectivity index (χ3v) is 13.9. The standard InChI is InChI=1S/C59H46N4/c1-58(2)32-33-59(3,4)52-36-53-50(35-51(52)58)47-31-28-39-17-9-11-20-46(39)54(47)63(53)43-29-26-41(27-30-43)55-60-56(42-25-24-40-23-22-38-16-8-10-19-45(38)49(40)34-42)62-57(61-55)48-21-13-12-18-44(48)37-14-6-5-7-15-37/h5-31,34-36H,32-33H2,1-4H3. The van der Waals surface area contributed by atoms with Crippen molar-refractivity contribution in [2.24, 2.45) is 0 Å². The number of hydrogen-bond donors (Lipinski definition) is 0. The minimum absolute atomic E-state index is 0.0810. The lowest BCUT2D eigenvalue weighted by Crippen LogP contribution is -2.33. The van der Waals surface area contributed by atoms with E-state index in [1.807, 2.05) is 0 Å². The van der Waals surface area contributed by atoms with Gasteiger partial charge in [0.05, 0.1) is 11.0 Å². The van der Waals surface area contributed by atoms with Crippen molar-refractivity contribution in [1.29, 1.82) is 0 Å². The number of fused-ring (bicyclic) bond motifs is 9. The Morgan fingerprint density at radius 1 is 0.381 bits per heavy atom. The van der Waals surface area contributed by atoms with Crippen molar-refractivity contribution in [2.75, 3.05) is 0 Å². The first kappa shape index (κ1) is 37.3. The van der Waals surface area contributed by atoms with Gasteiger partial charge in [-0.15, -0.1) is 0 Å². The lowest BCUT2D eigenvalue weighted by Gasteiger charge is -2.42. The molecule has 1 aliphatic rings. The van der Waals surface area contributed by atoms with E-state index in [1.165, 1.54) is 71.7 Å². The largest absolute Gasteiger partial charge is 0.309 e. The van der Waals surface area contributed by atoms with Crippen LogP contribution in [-0.4, -0.2) is 19.5 Å². The summed E-state index contributed by atoms with van der Waals surface area (Å²) < 4.78 is 2.49. The van der Waals surface area contributed by atoms with Crippen LogP contribution in [0.25, 0.3) is 105 Å². The first-order valence-electron chi connectivity index (χ1n) is 22.1. The van der Waals surface area contributed by atoms with Gasteiger partial charge in [0.15, 0.2) is 17.5 Å². The second-order valence-electron chi connectivity index (χ2n) is 18.7. The molecule has 0 N–H and O–H groups in total. The van der Waals surface area contributed by atoms with Crippen LogP contribution in [0.2, 0.25) is 0 Å². The minimum Gasteiger partial charge on any atom is -0.309 e. The third-order valence-electron chi connectivity index (χ3n) is 13.9. The summed E-state index contributed by atoms with van der Waals surface area (Å²) in [5, 5.41) is 9.84. The van der Waals surface area contributed by atoms with Crippen molar-refractivity contribution >= 4 is 54.1 Å². The molecule has 0 saturated heterocycles. The van der Waals surface area contributed by atoms with Gasteiger partial charge in [0, 0.05) is 38.5 Å². The molecule has 0 saturated carbocycles. The lowest BCUT2D eigenvalue weighted by molar-refractivity contribution is 0.332. The Morgan fingerprint density at radius 2 is 0.921 bits per heavy atom. The van der Waals surface area contributed by atoms with Crippen molar-refractivity contribution in [3.05, 3.63) is 193 Å². The molecule has 2 aromatic heterocycles. The highest BCUT2D eigenvalue weighted by atomic mass is 15.0. The summed E-state index contributed by atoms with van der Waals surface area (Å²) in [5.41, 5.74) is 11.7. The van der Waals surface area contributed by atoms with Crippen molar-refractivity contribution in [1.82, 2.24) is 19.5 Å². The predicted molar refractivity (Wildman–Crippen MR) is 264 cm³/mol. The SMILES string of the molecule is CC1(C)CCC(C)(C)c2cc3c(cc21)c1ccc2ccccc2c1n3-c1ccc(-c2nc(-c3ccc4ccc5ccccc5c4c3)nc(-c3ccccc3-c3ccccc3)n2)cc1. The van der Waals surface area contributed by atoms with Gasteiger partial charge < -0.3 is 4.57 Å². The van der Waals surface area contributed by atoms with Crippen molar-refractivity contribution in [2.45, 2.75) is 51.4 Å². The molecule has 11 aromatic rings. The fraction of sp³-hybridized carbons (Fsp3) is 0.136. The molecule has 1 aliphatic carbocycles. The highest BCUT2D eigenvalue weighted by molar-refractivity contribution is 6.19. The molecule has 4 heteroatoms. The summed E-state index contributed by atoms with van der Waals surface area (Å²) >= 11 is 0. The molecule has 9 aromatic carbocycles. The van der Waals surface area contributed by atoms with Gasteiger partial charge in [0.1, 0.15) is 0 Å². The molecule has 0 radical (unpaired) electrons. The van der Waals surface area contributed by atoms with Crippen LogP contribution < -0.4 is 0 Å². The molecule has 63 heavy (non-hydrogen) atoms. The second kappa shape index (κ2) is 14.1. The molecule has 4 nitrogen and oxygen atoms in total. The maximum Gasteiger partial charge on any atom is 0.164 e. The van der Waals surface area contributed by atoms with Gasteiger partial charge in [-0.1, -0.05) is 167 Å². The molecule has 0 spiro atoms. The van der Waals surface area contributed by atoms with Crippen molar-refractivity contribution in [3.8, 4) is 51.0 Å². The van der Waals surface area contributed by atoms with Crippen molar-refractivity contribution < 1.29 is 0 Å². The first-order chi connectivity index (χ1) is 30.7. The monoisotopic (exact) mass is 810 g/mol. The van der Waals surface area contributed by atoms with Crippen LogP contribution in [0.1, 0.15) is 51.7 Å². The molecule has 0 atom stereocenters. The zero-order chi connectivity index (χ0) is 42.5. The maximum atomic E-state index is 5.28. The van der Waals surface area contributed by atoms with Gasteiger partial charge in [-0.2, -0.15) is 0 Å². The smallest absolute Gasteiger partial charge is 0.164 e. The Hall–Kier alpha value is -7.43. The van der Waals surface area contributed by atoms with E-state index >= 15 is 0 Å². The number of aromatic nitrogens is 4. The van der Waals surface area contributed by atoms with Gasteiger partial charge in [0.25, 0.3) is 0 Å². The van der Waals surface area contributed by atoms with Gasteiger partial charge in [-0.3, -0.25) is 0 Å². The number of hydrogen-bond acceptors (Lipinski definition) is 3. The fourth-order valence-corrected chi connectivity index (χ4v) is 10.3. The molecule has 0 aliphatic heterocycles. The van der Waals surface area contributed by atoms with E-state index in [9.17, 15) is 0 Å². The highest BCUT2D eigenvalue weighted by Crippen LogP contribution is 2.49. The number of benzene rings is 9. The average Bonchev–Trinajstić information content (AvgIpc) is 3.66. The van der Waals surface area contributed by atoms with Crippen LogP contribution >= 0.6 is 0 Å². The summed E-state index contributed by atoms with van der Waals surface area (Å²) in [6.07, 6.45) is 2.34. The summed E-state index contributed by atoms with van der Waals surface area (Å²) in [6.45, 7) is 9.67. The highest BCUT2D eigenvalue weighted by Gasteiger charge is 2.38. The Balaban J connectivity index is 1.06. The van der Waals surface area contributed by atoms with Crippen LogP contribution in [0.4, 0.5) is 0 Å². The number of nitrogens with zero attached hydrogens (tertiary/aromatic N) is 4. The zero-order valence-corrected chi connectivity index (χ0v) is 36.0. The second-order valence-corrected chi connectivity index (χ2v) is 18.7. The predicted octanol–water partition coefficient (Wildman–Crippen LogP) is 15.4. The fourth-order valence-electron chi connectivity index (χ4n) is 10.3. The van der Waals surface area contributed by atoms with Crippen LogP contribution in [-0.2, 0) is 10.8 Å². The quantitative estimate of drug-likeness (QED) is 0.163. The van der Waals surface area contributed by atoms with E-state index in [0.717, 1.165) is 39.9 Å². The van der Waals surface area contributed by atoms with Gasteiger partial charge in [0.2, 0.25) is 0 Å². The minimum atomic E-state index is 0.0810. The van der Waals surface area contributed by atoms with Gasteiger partial charge in [-0.25, -0.2) is 15.0 Å². The lowest BCUT2D eigenvalue weighted by atomic mass is 9.63. The normalized spacial score (nSPS) is 14.5. The maximum absolute atomic E-state index is 5.28. The summed E-state index contributed by atoms with van der Waals surface area (Å²) in [4.78, 5) is 15.8. The Morgan fingerprint density at radius 3 is 1.67 bits per heavy atom.